The minimum atomic E-state index is -0.221. The van der Waals surface area contributed by atoms with Gasteiger partial charge in [-0.15, -0.1) is 0 Å². The molecule has 0 fully saturated rings. The van der Waals surface area contributed by atoms with Crippen molar-refractivity contribution < 1.29 is 9.59 Å². The van der Waals surface area contributed by atoms with Crippen LogP contribution in [0.15, 0.2) is 30.3 Å². The third-order valence-corrected chi connectivity index (χ3v) is 3.34. The summed E-state index contributed by atoms with van der Waals surface area (Å²) in [5.74, 6) is -0.358. The van der Waals surface area contributed by atoms with E-state index >= 15 is 0 Å². The van der Waals surface area contributed by atoms with Crippen LogP contribution < -0.4 is 10.6 Å². The summed E-state index contributed by atoms with van der Waals surface area (Å²) in [7, 11) is 0. The maximum absolute atomic E-state index is 11.8. The Morgan fingerprint density at radius 1 is 1.10 bits per heavy atom. The monoisotopic (exact) mass is 290 g/mol. The fraction of sp³-hybridized carbons (Fsp3) is 0.529. The maximum atomic E-state index is 11.8. The van der Waals surface area contributed by atoms with E-state index in [1.54, 1.807) is 24.3 Å². The highest BCUT2D eigenvalue weighted by molar-refractivity contribution is 5.96. The van der Waals surface area contributed by atoms with Crippen LogP contribution in [0.1, 0.15) is 56.3 Å². The second kappa shape index (κ2) is 9.97. The standard InChI is InChI=1S/C17H26N2O2/c1-3-4-5-7-10-14(2)19-16(20)13-18-17(21)15-11-8-6-9-12-15/h6,8-9,11-12,14H,3-5,7,10,13H2,1-2H3,(H,18,21)(H,19,20). The van der Waals surface area contributed by atoms with E-state index in [1.807, 2.05) is 13.0 Å². The van der Waals surface area contributed by atoms with Gasteiger partial charge in [0.1, 0.15) is 0 Å². The molecule has 1 unspecified atom stereocenters. The van der Waals surface area contributed by atoms with Crippen molar-refractivity contribution in [3.8, 4) is 0 Å². The number of benzene rings is 1. The summed E-state index contributed by atoms with van der Waals surface area (Å²) in [5.41, 5.74) is 0.568. The molecule has 0 aliphatic rings. The first-order valence-corrected chi connectivity index (χ1v) is 7.76. The van der Waals surface area contributed by atoms with E-state index in [0.29, 0.717) is 5.56 Å². The second-order valence-electron chi connectivity index (χ2n) is 5.37. The number of nitrogens with one attached hydrogen (secondary N) is 2. The van der Waals surface area contributed by atoms with Crippen LogP contribution in [0.25, 0.3) is 0 Å². The van der Waals surface area contributed by atoms with Crippen molar-refractivity contribution in [1.82, 2.24) is 10.6 Å². The minimum absolute atomic E-state index is 0.0209. The van der Waals surface area contributed by atoms with Gasteiger partial charge in [-0.3, -0.25) is 9.59 Å². The Balaban J connectivity index is 2.20. The SMILES string of the molecule is CCCCCCC(C)NC(=O)CNC(=O)c1ccccc1. The molecule has 0 heterocycles. The first kappa shape index (κ1) is 17.2. The molecule has 0 spiro atoms. The van der Waals surface area contributed by atoms with Gasteiger partial charge in [0.25, 0.3) is 5.91 Å². The average Bonchev–Trinajstić information content (AvgIpc) is 2.50. The van der Waals surface area contributed by atoms with E-state index < -0.39 is 0 Å². The number of carbonyl (C=O) groups excluding carboxylic acids is 2. The molecule has 1 aromatic carbocycles. The number of carbonyl (C=O) groups is 2. The van der Waals surface area contributed by atoms with Crippen molar-refractivity contribution in [2.24, 2.45) is 0 Å². The Labute approximate surface area is 127 Å². The molecule has 0 bridgehead atoms. The van der Waals surface area contributed by atoms with E-state index in [1.165, 1.54) is 19.3 Å². The number of hydrogen-bond acceptors (Lipinski definition) is 2. The molecule has 1 rings (SSSR count). The minimum Gasteiger partial charge on any atom is -0.352 e. The Morgan fingerprint density at radius 2 is 1.81 bits per heavy atom. The van der Waals surface area contributed by atoms with Crippen LogP contribution in [0.3, 0.4) is 0 Å². The van der Waals surface area contributed by atoms with Gasteiger partial charge >= 0.3 is 0 Å². The van der Waals surface area contributed by atoms with Crippen molar-refractivity contribution in [2.45, 2.75) is 52.0 Å². The fourth-order valence-electron chi connectivity index (χ4n) is 2.13. The summed E-state index contributed by atoms with van der Waals surface area (Å²) in [6.45, 7) is 4.20. The molecule has 21 heavy (non-hydrogen) atoms. The normalized spacial score (nSPS) is 11.7. The molecular weight excluding hydrogens is 264 g/mol. The topological polar surface area (TPSA) is 58.2 Å². The molecule has 1 atom stereocenters. The summed E-state index contributed by atoms with van der Waals surface area (Å²) in [5, 5.41) is 5.54. The highest BCUT2D eigenvalue weighted by atomic mass is 16.2. The molecule has 4 nitrogen and oxygen atoms in total. The molecule has 2 N–H and O–H groups in total. The second-order valence-corrected chi connectivity index (χ2v) is 5.37. The van der Waals surface area contributed by atoms with Gasteiger partial charge in [-0.2, -0.15) is 0 Å². The fourth-order valence-corrected chi connectivity index (χ4v) is 2.13. The molecule has 0 saturated carbocycles. The van der Waals surface area contributed by atoms with Crippen LogP contribution >= 0.6 is 0 Å². The van der Waals surface area contributed by atoms with Gasteiger partial charge in [0.05, 0.1) is 6.54 Å². The third kappa shape index (κ3) is 7.49. The van der Waals surface area contributed by atoms with E-state index in [4.69, 9.17) is 0 Å². The van der Waals surface area contributed by atoms with Gasteiger partial charge in [-0.25, -0.2) is 0 Å². The van der Waals surface area contributed by atoms with E-state index in [0.717, 1.165) is 12.8 Å². The first-order chi connectivity index (χ1) is 10.1. The van der Waals surface area contributed by atoms with Gasteiger partial charge in [0.2, 0.25) is 5.91 Å². The van der Waals surface area contributed by atoms with Crippen molar-refractivity contribution in [1.29, 1.82) is 0 Å². The molecule has 0 radical (unpaired) electrons. The van der Waals surface area contributed by atoms with Gasteiger partial charge in [-0.1, -0.05) is 50.8 Å². The Kier molecular flexibility index (Phi) is 8.17. The zero-order valence-corrected chi connectivity index (χ0v) is 13.0. The Hall–Kier alpha value is -1.84. The number of rotatable bonds is 9. The smallest absolute Gasteiger partial charge is 0.251 e. The lowest BCUT2D eigenvalue weighted by atomic mass is 10.1. The predicted octanol–water partition coefficient (Wildman–Crippen LogP) is 2.89. The van der Waals surface area contributed by atoms with Crippen molar-refractivity contribution in [3.05, 3.63) is 35.9 Å². The molecule has 0 aromatic heterocycles. The summed E-state index contributed by atoms with van der Waals surface area (Å²) in [4.78, 5) is 23.5. The van der Waals surface area contributed by atoms with Crippen LogP contribution in [-0.2, 0) is 4.79 Å². The van der Waals surface area contributed by atoms with Gasteiger partial charge < -0.3 is 10.6 Å². The lowest BCUT2D eigenvalue weighted by molar-refractivity contribution is -0.120. The third-order valence-electron chi connectivity index (χ3n) is 3.34. The zero-order valence-electron chi connectivity index (χ0n) is 13.0. The maximum Gasteiger partial charge on any atom is 0.251 e. The Bertz CT molecular complexity index is 432. The molecule has 2 amide bonds. The van der Waals surface area contributed by atoms with Crippen LogP contribution in [0.5, 0.6) is 0 Å². The highest BCUT2D eigenvalue weighted by Gasteiger charge is 2.09. The quantitative estimate of drug-likeness (QED) is 0.687. The van der Waals surface area contributed by atoms with Crippen molar-refractivity contribution >= 4 is 11.8 Å². The van der Waals surface area contributed by atoms with Crippen LogP contribution in [0.2, 0.25) is 0 Å². The molecule has 0 aliphatic heterocycles. The zero-order chi connectivity index (χ0) is 15.5. The largest absolute Gasteiger partial charge is 0.352 e. The van der Waals surface area contributed by atoms with Gasteiger partial charge in [0, 0.05) is 11.6 Å². The summed E-state index contributed by atoms with van der Waals surface area (Å²) < 4.78 is 0. The van der Waals surface area contributed by atoms with Gasteiger partial charge in [-0.05, 0) is 25.5 Å². The number of unbranched alkanes of at least 4 members (excludes halogenated alkanes) is 3. The van der Waals surface area contributed by atoms with Crippen LogP contribution in [-0.4, -0.2) is 24.4 Å². The summed E-state index contributed by atoms with van der Waals surface area (Å²) >= 11 is 0. The van der Waals surface area contributed by atoms with E-state index in [9.17, 15) is 9.59 Å². The molecule has 0 aliphatic carbocycles. The summed E-state index contributed by atoms with van der Waals surface area (Å²) in [6, 6.07) is 9.06. The van der Waals surface area contributed by atoms with Crippen LogP contribution in [0, 0.1) is 0 Å². The highest BCUT2D eigenvalue weighted by Crippen LogP contribution is 2.05. The lowest BCUT2D eigenvalue weighted by Crippen LogP contribution is -2.40. The van der Waals surface area contributed by atoms with E-state index in [-0.39, 0.29) is 24.4 Å². The molecule has 0 saturated heterocycles. The van der Waals surface area contributed by atoms with Crippen molar-refractivity contribution in [3.63, 3.8) is 0 Å². The Morgan fingerprint density at radius 3 is 2.48 bits per heavy atom. The molecule has 4 heteroatoms. The number of amides is 2. The predicted molar refractivity (Wildman–Crippen MR) is 85.1 cm³/mol. The molecule has 1 aromatic rings. The van der Waals surface area contributed by atoms with Crippen molar-refractivity contribution in [2.75, 3.05) is 6.54 Å². The number of hydrogen-bond donors (Lipinski definition) is 2. The van der Waals surface area contributed by atoms with Crippen LogP contribution in [0.4, 0.5) is 0 Å². The molecular formula is C17H26N2O2. The lowest BCUT2D eigenvalue weighted by Gasteiger charge is -2.14. The molecule has 116 valence electrons. The first-order valence-electron chi connectivity index (χ1n) is 7.76. The average molecular weight is 290 g/mol. The van der Waals surface area contributed by atoms with Gasteiger partial charge in [0.15, 0.2) is 0 Å². The summed E-state index contributed by atoms with van der Waals surface area (Å²) in [6.07, 6.45) is 5.78. The van der Waals surface area contributed by atoms with E-state index in [2.05, 4.69) is 17.6 Å².